The number of nitrogens with one attached hydrogen (secondary N) is 1. The van der Waals surface area contributed by atoms with E-state index >= 15 is 0 Å². The number of hydrogen-bond acceptors (Lipinski definition) is 2. The van der Waals surface area contributed by atoms with E-state index in [0.717, 1.165) is 18.5 Å². The van der Waals surface area contributed by atoms with E-state index in [0.29, 0.717) is 24.1 Å². The van der Waals surface area contributed by atoms with E-state index in [2.05, 4.69) is 29.1 Å². The third-order valence-corrected chi connectivity index (χ3v) is 3.25. The van der Waals surface area contributed by atoms with Crippen LogP contribution in [0, 0.1) is 11.7 Å². The van der Waals surface area contributed by atoms with E-state index in [-0.39, 0.29) is 5.82 Å². The summed E-state index contributed by atoms with van der Waals surface area (Å²) in [5.74, 6) is 0.696. The first-order valence-electron chi connectivity index (χ1n) is 7.37. The van der Waals surface area contributed by atoms with Crippen molar-refractivity contribution in [2.45, 2.75) is 26.8 Å². The Morgan fingerprint density at radius 2 is 2.27 bits per heavy atom. The highest BCUT2D eigenvalue weighted by molar-refractivity contribution is 5.77. The lowest BCUT2D eigenvalue weighted by Crippen LogP contribution is -2.32. The van der Waals surface area contributed by atoms with Crippen LogP contribution in [0.2, 0.25) is 0 Å². The van der Waals surface area contributed by atoms with Crippen LogP contribution in [0.15, 0.2) is 41.9 Å². The number of nitrogens with two attached hydrogens (primary N) is 1. The van der Waals surface area contributed by atoms with Gasteiger partial charge in [0.05, 0.1) is 18.6 Å². The SMILES string of the molecule is CC(C)CCNC(N)=NCc1ccc(-n2ccnc2)c(F)c1. The molecule has 0 spiro atoms. The molecule has 6 heteroatoms. The van der Waals surface area contributed by atoms with Gasteiger partial charge in [0.25, 0.3) is 0 Å². The molecule has 2 rings (SSSR count). The first-order valence-corrected chi connectivity index (χ1v) is 7.37. The lowest BCUT2D eigenvalue weighted by molar-refractivity contribution is 0.576. The Balaban J connectivity index is 1.95. The van der Waals surface area contributed by atoms with Crippen LogP contribution in [-0.4, -0.2) is 22.1 Å². The third kappa shape index (κ3) is 4.58. The van der Waals surface area contributed by atoms with E-state index in [1.54, 1.807) is 29.4 Å². The van der Waals surface area contributed by atoms with Gasteiger partial charge in [-0.2, -0.15) is 0 Å². The molecule has 0 aliphatic rings. The van der Waals surface area contributed by atoms with Gasteiger partial charge < -0.3 is 15.6 Å². The van der Waals surface area contributed by atoms with Crippen molar-refractivity contribution in [3.05, 3.63) is 48.3 Å². The zero-order valence-electron chi connectivity index (χ0n) is 13.0. The summed E-state index contributed by atoms with van der Waals surface area (Å²) in [6.07, 6.45) is 5.91. The lowest BCUT2D eigenvalue weighted by atomic mass is 10.1. The standard InChI is InChI=1S/C16H22FN5/c1-12(2)5-6-20-16(18)21-10-13-3-4-15(14(17)9-13)22-8-7-19-11-22/h3-4,7-9,11-12H,5-6,10H2,1-2H3,(H3,18,20,21). The number of aromatic nitrogens is 2. The number of nitrogens with zero attached hydrogens (tertiary/aromatic N) is 3. The fraction of sp³-hybridized carbons (Fsp3) is 0.375. The Hall–Kier alpha value is -2.37. The molecule has 0 aliphatic heterocycles. The second-order valence-electron chi connectivity index (χ2n) is 5.57. The minimum atomic E-state index is -0.308. The van der Waals surface area contributed by atoms with E-state index in [1.807, 2.05) is 6.07 Å². The van der Waals surface area contributed by atoms with Crippen molar-refractivity contribution in [2.75, 3.05) is 6.54 Å². The number of imidazole rings is 1. The Kier molecular flexibility index (Phi) is 5.52. The van der Waals surface area contributed by atoms with Crippen LogP contribution in [0.1, 0.15) is 25.8 Å². The molecule has 1 aromatic heterocycles. The zero-order valence-corrected chi connectivity index (χ0v) is 13.0. The molecule has 0 amide bonds. The number of guanidine groups is 1. The monoisotopic (exact) mass is 303 g/mol. The summed E-state index contributed by atoms with van der Waals surface area (Å²) >= 11 is 0. The van der Waals surface area contributed by atoms with E-state index < -0.39 is 0 Å². The third-order valence-electron chi connectivity index (χ3n) is 3.25. The maximum atomic E-state index is 14.1. The molecular weight excluding hydrogens is 281 g/mol. The number of aliphatic imine (C=N–C) groups is 1. The Labute approximate surface area is 130 Å². The number of rotatable bonds is 6. The second-order valence-corrected chi connectivity index (χ2v) is 5.57. The van der Waals surface area contributed by atoms with Crippen molar-refractivity contribution in [1.82, 2.24) is 14.9 Å². The van der Waals surface area contributed by atoms with Gasteiger partial charge in [-0.15, -0.1) is 0 Å². The molecular formula is C16H22FN5. The van der Waals surface area contributed by atoms with Crippen LogP contribution in [0.3, 0.4) is 0 Å². The van der Waals surface area contributed by atoms with Crippen molar-refractivity contribution in [3.8, 4) is 5.69 Å². The molecule has 0 unspecified atom stereocenters. The summed E-state index contributed by atoms with van der Waals surface area (Å²) < 4.78 is 15.7. The van der Waals surface area contributed by atoms with E-state index in [9.17, 15) is 4.39 Å². The van der Waals surface area contributed by atoms with Gasteiger partial charge in [-0.05, 0) is 30.0 Å². The van der Waals surface area contributed by atoms with Gasteiger partial charge in [-0.3, -0.25) is 0 Å². The van der Waals surface area contributed by atoms with Crippen LogP contribution in [-0.2, 0) is 6.54 Å². The molecule has 5 nitrogen and oxygen atoms in total. The van der Waals surface area contributed by atoms with Crippen LogP contribution in [0.5, 0.6) is 0 Å². The molecule has 0 saturated carbocycles. The van der Waals surface area contributed by atoms with Gasteiger partial charge in [0, 0.05) is 18.9 Å². The molecule has 0 saturated heterocycles. The van der Waals surface area contributed by atoms with Gasteiger partial charge >= 0.3 is 0 Å². The van der Waals surface area contributed by atoms with Crippen molar-refractivity contribution >= 4 is 5.96 Å². The lowest BCUT2D eigenvalue weighted by Gasteiger charge is -2.08. The highest BCUT2D eigenvalue weighted by atomic mass is 19.1. The summed E-state index contributed by atoms with van der Waals surface area (Å²) in [6, 6.07) is 5.02. The van der Waals surface area contributed by atoms with Crippen molar-refractivity contribution in [2.24, 2.45) is 16.6 Å². The summed E-state index contributed by atoms with van der Waals surface area (Å²) in [5, 5.41) is 3.05. The van der Waals surface area contributed by atoms with Crippen molar-refractivity contribution in [3.63, 3.8) is 0 Å². The van der Waals surface area contributed by atoms with Gasteiger partial charge in [0.1, 0.15) is 5.82 Å². The van der Waals surface area contributed by atoms with Gasteiger partial charge in [0.2, 0.25) is 0 Å². The molecule has 0 atom stereocenters. The van der Waals surface area contributed by atoms with Crippen LogP contribution in [0.25, 0.3) is 5.69 Å². The molecule has 2 aromatic rings. The van der Waals surface area contributed by atoms with Crippen LogP contribution >= 0.6 is 0 Å². The van der Waals surface area contributed by atoms with Crippen molar-refractivity contribution < 1.29 is 4.39 Å². The molecule has 118 valence electrons. The summed E-state index contributed by atoms with van der Waals surface area (Å²) in [4.78, 5) is 8.13. The highest BCUT2D eigenvalue weighted by Gasteiger charge is 2.05. The number of benzene rings is 1. The summed E-state index contributed by atoms with van der Waals surface area (Å²) in [7, 11) is 0. The van der Waals surface area contributed by atoms with Crippen LogP contribution < -0.4 is 11.1 Å². The zero-order chi connectivity index (χ0) is 15.9. The van der Waals surface area contributed by atoms with E-state index in [1.165, 1.54) is 6.07 Å². The molecule has 0 fully saturated rings. The summed E-state index contributed by atoms with van der Waals surface area (Å²) in [5.41, 5.74) is 7.02. The molecule has 0 bridgehead atoms. The number of halogens is 1. The van der Waals surface area contributed by atoms with Gasteiger partial charge in [-0.25, -0.2) is 14.4 Å². The van der Waals surface area contributed by atoms with Gasteiger partial charge in [-0.1, -0.05) is 19.9 Å². The highest BCUT2D eigenvalue weighted by Crippen LogP contribution is 2.15. The predicted molar refractivity (Wildman–Crippen MR) is 86.3 cm³/mol. The van der Waals surface area contributed by atoms with Crippen molar-refractivity contribution in [1.29, 1.82) is 0 Å². The largest absolute Gasteiger partial charge is 0.370 e. The first kappa shape index (κ1) is 16.0. The first-order chi connectivity index (χ1) is 10.6. The normalized spacial score (nSPS) is 11.9. The minimum Gasteiger partial charge on any atom is -0.370 e. The Morgan fingerprint density at radius 3 is 2.91 bits per heavy atom. The van der Waals surface area contributed by atoms with Crippen LogP contribution in [0.4, 0.5) is 4.39 Å². The average Bonchev–Trinajstić information content (AvgIpc) is 2.99. The maximum absolute atomic E-state index is 14.1. The second kappa shape index (κ2) is 7.59. The van der Waals surface area contributed by atoms with Gasteiger partial charge in [0.15, 0.2) is 5.96 Å². The molecule has 3 N–H and O–H groups in total. The number of hydrogen-bond donors (Lipinski definition) is 2. The minimum absolute atomic E-state index is 0.308. The molecule has 0 aliphatic carbocycles. The molecule has 1 aromatic carbocycles. The fourth-order valence-corrected chi connectivity index (χ4v) is 1.98. The predicted octanol–water partition coefficient (Wildman–Crippen LogP) is 2.46. The topological polar surface area (TPSA) is 68.2 Å². The summed E-state index contributed by atoms with van der Waals surface area (Å²) in [6.45, 7) is 5.45. The Bertz CT molecular complexity index is 619. The maximum Gasteiger partial charge on any atom is 0.188 e. The average molecular weight is 303 g/mol. The molecule has 22 heavy (non-hydrogen) atoms. The van der Waals surface area contributed by atoms with E-state index in [4.69, 9.17) is 5.73 Å². The molecule has 0 radical (unpaired) electrons. The molecule has 1 heterocycles. The smallest absolute Gasteiger partial charge is 0.188 e. The quantitative estimate of drug-likeness (QED) is 0.636. The Morgan fingerprint density at radius 1 is 1.45 bits per heavy atom. The fourth-order valence-electron chi connectivity index (χ4n) is 1.98.